The van der Waals surface area contributed by atoms with Gasteiger partial charge in [0.15, 0.2) is 0 Å². The molecular formula is C30H38N2O2S. The molecule has 0 aliphatic carbocycles. The normalized spacial score (nSPS) is 11.5. The van der Waals surface area contributed by atoms with E-state index >= 15 is 0 Å². The van der Waals surface area contributed by atoms with E-state index in [1.165, 1.54) is 38.5 Å². The minimum atomic E-state index is 0.601. The highest BCUT2D eigenvalue weighted by molar-refractivity contribution is 7.17. The summed E-state index contributed by atoms with van der Waals surface area (Å²) in [4.78, 5) is 0. The van der Waals surface area contributed by atoms with Crippen LogP contribution in [0.2, 0.25) is 0 Å². The second kappa shape index (κ2) is 15.9. The highest BCUT2D eigenvalue weighted by Crippen LogP contribution is 2.31. The summed E-state index contributed by atoms with van der Waals surface area (Å²) < 4.78 is 11.6. The van der Waals surface area contributed by atoms with Crippen molar-refractivity contribution >= 4 is 11.3 Å². The van der Waals surface area contributed by atoms with Gasteiger partial charge in [0.2, 0.25) is 0 Å². The third-order valence-corrected chi connectivity index (χ3v) is 6.62. The molecule has 0 aliphatic heterocycles. The molecule has 2 aromatic carbocycles. The smallest absolute Gasteiger partial charge is 0.148 e. The van der Waals surface area contributed by atoms with Crippen LogP contribution in [0.3, 0.4) is 0 Å². The Kier molecular flexibility index (Phi) is 12.1. The molecule has 0 bridgehead atoms. The van der Waals surface area contributed by atoms with Crippen LogP contribution in [-0.4, -0.2) is 23.4 Å². The SMILES string of the molecule is CCCCC/C=C/COc1ccc(-c2nnc(-c3ccc(OC/C=C/CCCCC)cc3)s2)cc1. The molecule has 0 amide bonds. The van der Waals surface area contributed by atoms with Gasteiger partial charge >= 0.3 is 0 Å². The van der Waals surface area contributed by atoms with E-state index in [0.29, 0.717) is 13.2 Å². The van der Waals surface area contributed by atoms with Gasteiger partial charge in [0.05, 0.1) is 0 Å². The van der Waals surface area contributed by atoms with Crippen molar-refractivity contribution < 1.29 is 9.47 Å². The van der Waals surface area contributed by atoms with Crippen molar-refractivity contribution in [2.75, 3.05) is 13.2 Å². The van der Waals surface area contributed by atoms with E-state index in [-0.39, 0.29) is 0 Å². The summed E-state index contributed by atoms with van der Waals surface area (Å²) in [6, 6.07) is 16.1. The maximum absolute atomic E-state index is 5.81. The fourth-order valence-corrected chi connectivity index (χ4v) is 4.38. The van der Waals surface area contributed by atoms with Crippen LogP contribution in [0.25, 0.3) is 21.1 Å². The van der Waals surface area contributed by atoms with E-state index in [9.17, 15) is 0 Å². The molecule has 3 aromatic rings. The second-order valence-electron chi connectivity index (χ2n) is 8.52. The Balaban J connectivity index is 1.46. The molecule has 0 saturated heterocycles. The average molecular weight is 491 g/mol. The van der Waals surface area contributed by atoms with Crippen molar-refractivity contribution in [2.45, 2.75) is 65.2 Å². The van der Waals surface area contributed by atoms with E-state index in [1.807, 2.05) is 48.5 Å². The van der Waals surface area contributed by atoms with Gasteiger partial charge in [-0.05, 0) is 74.2 Å². The zero-order valence-corrected chi connectivity index (χ0v) is 21.9. The first-order chi connectivity index (χ1) is 17.3. The monoisotopic (exact) mass is 490 g/mol. The molecule has 5 heteroatoms. The van der Waals surface area contributed by atoms with Gasteiger partial charge in [0, 0.05) is 11.1 Å². The van der Waals surface area contributed by atoms with Crippen molar-refractivity contribution in [3.63, 3.8) is 0 Å². The number of nitrogens with zero attached hydrogens (tertiary/aromatic N) is 2. The Labute approximate surface area is 214 Å². The van der Waals surface area contributed by atoms with E-state index in [0.717, 1.165) is 45.5 Å². The molecule has 0 spiro atoms. The quantitative estimate of drug-likeness (QED) is 0.148. The highest BCUT2D eigenvalue weighted by atomic mass is 32.1. The molecule has 0 aliphatic rings. The van der Waals surface area contributed by atoms with Gasteiger partial charge in [-0.3, -0.25) is 0 Å². The fraction of sp³-hybridized carbons (Fsp3) is 0.400. The first-order valence-corrected chi connectivity index (χ1v) is 13.7. The van der Waals surface area contributed by atoms with E-state index in [4.69, 9.17) is 9.47 Å². The van der Waals surface area contributed by atoms with Crippen molar-refractivity contribution in [3.05, 3.63) is 72.8 Å². The van der Waals surface area contributed by atoms with Crippen LogP contribution in [0.15, 0.2) is 72.8 Å². The zero-order chi connectivity index (χ0) is 24.6. The van der Waals surface area contributed by atoms with Crippen molar-refractivity contribution in [2.24, 2.45) is 0 Å². The van der Waals surface area contributed by atoms with E-state index < -0.39 is 0 Å². The number of rotatable bonds is 16. The predicted octanol–water partition coefficient (Wildman–Crippen LogP) is 8.90. The van der Waals surface area contributed by atoms with E-state index in [2.05, 4.69) is 48.3 Å². The van der Waals surface area contributed by atoms with Crippen LogP contribution in [0.1, 0.15) is 65.2 Å². The molecule has 3 rings (SSSR count). The predicted molar refractivity (Wildman–Crippen MR) is 148 cm³/mol. The number of allylic oxidation sites excluding steroid dienone is 2. The average Bonchev–Trinajstić information content (AvgIpc) is 3.39. The number of unbranched alkanes of at least 4 members (excludes halogenated alkanes) is 6. The number of ether oxygens (including phenoxy) is 2. The van der Waals surface area contributed by atoms with Gasteiger partial charge in [0.25, 0.3) is 0 Å². The summed E-state index contributed by atoms with van der Waals surface area (Å²) >= 11 is 1.59. The molecule has 186 valence electrons. The Hall–Kier alpha value is -2.92. The second-order valence-corrected chi connectivity index (χ2v) is 9.50. The number of hydrogen-bond acceptors (Lipinski definition) is 5. The maximum atomic E-state index is 5.81. The minimum absolute atomic E-state index is 0.601. The minimum Gasteiger partial charge on any atom is -0.490 e. The summed E-state index contributed by atoms with van der Waals surface area (Å²) in [6.45, 7) is 5.65. The third-order valence-electron chi connectivity index (χ3n) is 5.60. The largest absolute Gasteiger partial charge is 0.490 e. The Morgan fingerprint density at radius 1 is 0.600 bits per heavy atom. The number of benzene rings is 2. The molecule has 0 fully saturated rings. The lowest BCUT2D eigenvalue weighted by Crippen LogP contribution is -1.93. The molecule has 1 heterocycles. The lowest BCUT2D eigenvalue weighted by Gasteiger charge is -2.04. The standard InChI is InChI=1S/C30H38N2O2S/c1-3-5-7-9-11-13-23-33-27-19-15-25(16-20-27)29-31-32-30(35-29)26-17-21-28(22-18-26)34-24-14-12-10-8-6-4-2/h11-22H,3-10,23-24H2,1-2H3/b13-11+,14-12+. The van der Waals surface area contributed by atoms with Crippen LogP contribution in [-0.2, 0) is 0 Å². The Bertz CT molecular complexity index is 941. The lowest BCUT2D eigenvalue weighted by atomic mass is 10.2. The molecular weight excluding hydrogens is 452 g/mol. The first-order valence-electron chi connectivity index (χ1n) is 12.9. The van der Waals surface area contributed by atoms with Gasteiger partial charge in [-0.25, -0.2) is 0 Å². The van der Waals surface area contributed by atoms with Gasteiger partial charge in [-0.15, -0.1) is 10.2 Å². The van der Waals surface area contributed by atoms with Gasteiger partial charge < -0.3 is 9.47 Å². The van der Waals surface area contributed by atoms with Gasteiger partial charge in [-0.2, -0.15) is 0 Å². The molecule has 0 saturated carbocycles. The van der Waals surface area contributed by atoms with Crippen molar-refractivity contribution in [3.8, 4) is 32.6 Å². The Morgan fingerprint density at radius 3 is 1.43 bits per heavy atom. The van der Waals surface area contributed by atoms with Crippen LogP contribution in [0, 0.1) is 0 Å². The molecule has 0 atom stereocenters. The van der Waals surface area contributed by atoms with Crippen LogP contribution in [0.4, 0.5) is 0 Å². The molecule has 0 radical (unpaired) electrons. The van der Waals surface area contributed by atoms with Gasteiger partial charge in [0.1, 0.15) is 34.7 Å². The first kappa shape index (κ1) is 26.7. The molecule has 0 unspecified atom stereocenters. The van der Waals surface area contributed by atoms with Crippen molar-refractivity contribution in [1.29, 1.82) is 0 Å². The van der Waals surface area contributed by atoms with Crippen molar-refractivity contribution in [1.82, 2.24) is 10.2 Å². The highest BCUT2D eigenvalue weighted by Gasteiger charge is 2.09. The van der Waals surface area contributed by atoms with Gasteiger partial charge in [-0.1, -0.05) is 75.2 Å². The number of aromatic nitrogens is 2. The van der Waals surface area contributed by atoms with Crippen LogP contribution in [0.5, 0.6) is 11.5 Å². The lowest BCUT2D eigenvalue weighted by molar-refractivity contribution is 0.362. The molecule has 0 N–H and O–H groups in total. The summed E-state index contributed by atoms with van der Waals surface area (Å²) in [5, 5.41) is 10.6. The Morgan fingerprint density at radius 2 is 1.03 bits per heavy atom. The van der Waals surface area contributed by atoms with E-state index in [1.54, 1.807) is 11.3 Å². The molecule has 35 heavy (non-hydrogen) atoms. The molecule has 1 aromatic heterocycles. The van der Waals surface area contributed by atoms with Crippen LogP contribution >= 0.6 is 11.3 Å². The topological polar surface area (TPSA) is 44.2 Å². The summed E-state index contributed by atoms with van der Waals surface area (Å²) in [7, 11) is 0. The summed E-state index contributed by atoms with van der Waals surface area (Å²) in [6.07, 6.45) is 18.5. The zero-order valence-electron chi connectivity index (χ0n) is 21.1. The summed E-state index contributed by atoms with van der Waals surface area (Å²) in [5.41, 5.74) is 2.09. The third kappa shape index (κ3) is 9.69. The van der Waals surface area contributed by atoms with Crippen LogP contribution < -0.4 is 9.47 Å². The fourth-order valence-electron chi connectivity index (χ4n) is 3.53. The number of hydrogen-bond donors (Lipinski definition) is 0. The molecule has 4 nitrogen and oxygen atoms in total. The summed E-state index contributed by atoms with van der Waals surface area (Å²) in [5.74, 6) is 1.73. The maximum Gasteiger partial charge on any atom is 0.148 e.